The summed E-state index contributed by atoms with van der Waals surface area (Å²) in [5.74, 6) is -0.0708. The van der Waals surface area contributed by atoms with Gasteiger partial charge < -0.3 is 9.80 Å². The maximum Gasteiger partial charge on any atom is 0.258 e. The summed E-state index contributed by atoms with van der Waals surface area (Å²) in [7, 11) is 0. The van der Waals surface area contributed by atoms with Crippen molar-refractivity contribution in [3.8, 4) is 0 Å². The number of rotatable bonds is 2. The summed E-state index contributed by atoms with van der Waals surface area (Å²) in [6.07, 6.45) is 1.57. The number of fused-ring (bicyclic) bond motifs is 1. The Labute approximate surface area is 159 Å². The molecule has 2 aromatic heterocycles. The number of hydrogen-bond acceptors (Lipinski definition) is 5. The molecule has 3 aromatic rings. The van der Waals surface area contributed by atoms with Gasteiger partial charge in [-0.3, -0.25) is 4.79 Å². The lowest BCUT2D eigenvalue weighted by atomic mass is 10.1. The maximum atomic E-state index is 14.0. The molecule has 1 aromatic carbocycles. The van der Waals surface area contributed by atoms with Crippen LogP contribution >= 0.6 is 22.9 Å². The lowest BCUT2D eigenvalue weighted by Crippen LogP contribution is -2.49. The lowest BCUT2D eigenvalue weighted by Gasteiger charge is -2.35. The molecule has 1 fully saturated rings. The van der Waals surface area contributed by atoms with Crippen LogP contribution < -0.4 is 4.90 Å². The summed E-state index contributed by atoms with van der Waals surface area (Å²) in [5, 5.41) is 1.18. The minimum absolute atomic E-state index is 0.0551. The van der Waals surface area contributed by atoms with Gasteiger partial charge in [0.15, 0.2) is 0 Å². The van der Waals surface area contributed by atoms with Crippen molar-refractivity contribution in [2.45, 2.75) is 6.92 Å². The minimum atomic E-state index is -0.587. The van der Waals surface area contributed by atoms with E-state index in [0.717, 1.165) is 16.0 Å². The monoisotopic (exact) mass is 390 g/mol. The van der Waals surface area contributed by atoms with E-state index in [1.54, 1.807) is 22.6 Å². The molecule has 3 heterocycles. The van der Waals surface area contributed by atoms with Crippen LogP contribution in [0.15, 0.2) is 30.6 Å². The predicted octanol–water partition coefficient (Wildman–Crippen LogP) is 3.75. The molecule has 1 saturated heterocycles. The standard InChI is InChI=1S/C18H16ClFN4OS/c1-11-9-12-16(21-10-22-17(12)26-11)23-5-7-24(8-6-23)18(25)15-13(19)3-2-4-14(15)20/h2-4,9-10H,5-8H2,1H3. The summed E-state index contributed by atoms with van der Waals surface area (Å²) in [4.78, 5) is 27.3. The maximum absolute atomic E-state index is 14.0. The van der Waals surface area contributed by atoms with Crippen molar-refractivity contribution in [1.29, 1.82) is 0 Å². The molecule has 0 bridgehead atoms. The number of hydrogen-bond donors (Lipinski definition) is 0. The highest BCUT2D eigenvalue weighted by atomic mass is 35.5. The van der Waals surface area contributed by atoms with Crippen LogP contribution in [0.1, 0.15) is 15.2 Å². The molecule has 1 amide bonds. The highest BCUT2D eigenvalue weighted by molar-refractivity contribution is 7.18. The van der Waals surface area contributed by atoms with Crippen LogP contribution in [0.5, 0.6) is 0 Å². The third-order valence-electron chi connectivity index (χ3n) is 4.47. The van der Waals surface area contributed by atoms with E-state index in [1.165, 1.54) is 23.1 Å². The first-order valence-electron chi connectivity index (χ1n) is 8.24. The summed E-state index contributed by atoms with van der Waals surface area (Å²) in [5.41, 5.74) is -0.0551. The van der Waals surface area contributed by atoms with Gasteiger partial charge >= 0.3 is 0 Å². The molecule has 5 nitrogen and oxygen atoms in total. The Kier molecular flexibility index (Phi) is 4.50. The zero-order chi connectivity index (χ0) is 18.3. The molecule has 0 radical (unpaired) electrons. The molecule has 0 N–H and O–H groups in total. The number of carbonyl (C=O) groups is 1. The first-order chi connectivity index (χ1) is 12.5. The number of amides is 1. The van der Waals surface area contributed by atoms with Crippen molar-refractivity contribution >= 4 is 44.9 Å². The lowest BCUT2D eigenvalue weighted by molar-refractivity contribution is 0.0742. The summed E-state index contributed by atoms with van der Waals surface area (Å²) in [6, 6.07) is 6.37. The summed E-state index contributed by atoms with van der Waals surface area (Å²) < 4.78 is 14.0. The van der Waals surface area contributed by atoms with Crippen LogP contribution in [0.4, 0.5) is 10.2 Å². The van der Waals surface area contributed by atoms with E-state index in [9.17, 15) is 9.18 Å². The zero-order valence-electron chi connectivity index (χ0n) is 14.1. The van der Waals surface area contributed by atoms with E-state index < -0.39 is 5.82 Å². The van der Waals surface area contributed by atoms with Gasteiger partial charge in [-0.25, -0.2) is 14.4 Å². The van der Waals surface area contributed by atoms with Crippen LogP contribution in [0.25, 0.3) is 10.2 Å². The number of nitrogens with zero attached hydrogens (tertiary/aromatic N) is 4. The van der Waals surface area contributed by atoms with Gasteiger partial charge in [-0.2, -0.15) is 0 Å². The second-order valence-corrected chi connectivity index (χ2v) is 7.79. The zero-order valence-corrected chi connectivity index (χ0v) is 15.6. The molecule has 0 unspecified atom stereocenters. The van der Waals surface area contributed by atoms with Crippen molar-refractivity contribution in [2.24, 2.45) is 0 Å². The fraction of sp³-hybridized carbons (Fsp3) is 0.278. The third-order valence-corrected chi connectivity index (χ3v) is 5.75. The van der Waals surface area contributed by atoms with Crippen molar-refractivity contribution in [3.63, 3.8) is 0 Å². The molecule has 1 aliphatic heterocycles. The number of halogens is 2. The van der Waals surface area contributed by atoms with Gasteiger partial charge in [0.2, 0.25) is 0 Å². The Morgan fingerprint density at radius 1 is 1.23 bits per heavy atom. The van der Waals surface area contributed by atoms with Gasteiger partial charge in [-0.1, -0.05) is 17.7 Å². The summed E-state index contributed by atoms with van der Waals surface area (Å²) in [6.45, 7) is 4.26. The highest BCUT2D eigenvalue weighted by Gasteiger charge is 2.27. The van der Waals surface area contributed by atoms with Crippen molar-refractivity contribution in [3.05, 3.63) is 51.9 Å². The highest BCUT2D eigenvalue weighted by Crippen LogP contribution is 2.30. The van der Waals surface area contributed by atoms with E-state index in [1.807, 2.05) is 6.92 Å². The molecule has 4 rings (SSSR count). The molecular formula is C18H16ClFN4OS. The van der Waals surface area contributed by atoms with Crippen LogP contribution in [0, 0.1) is 12.7 Å². The normalized spacial score (nSPS) is 14.9. The largest absolute Gasteiger partial charge is 0.352 e. The average Bonchev–Trinajstić information content (AvgIpc) is 3.01. The van der Waals surface area contributed by atoms with E-state index in [4.69, 9.17) is 11.6 Å². The quantitative estimate of drug-likeness (QED) is 0.668. The summed E-state index contributed by atoms with van der Waals surface area (Å²) >= 11 is 7.66. The Morgan fingerprint density at radius 3 is 2.73 bits per heavy atom. The number of thiophene rings is 1. The van der Waals surface area contributed by atoms with Gasteiger partial charge in [0.1, 0.15) is 22.8 Å². The van der Waals surface area contributed by atoms with Crippen LogP contribution in [-0.2, 0) is 0 Å². The van der Waals surface area contributed by atoms with E-state index >= 15 is 0 Å². The topological polar surface area (TPSA) is 49.3 Å². The number of anilines is 1. The molecule has 0 atom stereocenters. The number of aromatic nitrogens is 2. The Bertz CT molecular complexity index is 964. The third kappa shape index (κ3) is 3.01. The first-order valence-corrected chi connectivity index (χ1v) is 9.43. The van der Waals surface area contributed by atoms with Gasteiger partial charge in [-0.15, -0.1) is 11.3 Å². The number of carbonyl (C=O) groups excluding carboxylic acids is 1. The van der Waals surface area contributed by atoms with Gasteiger partial charge in [0.25, 0.3) is 5.91 Å². The average molecular weight is 391 g/mol. The number of benzene rings is 1. The van der Waals surface area contributed by atoms with Gasteiger partial charge in [0.05, 0.1) is 16.0 Å². The number of aryl methyl sites for hydroxylation is 1. The Balaban J connectivity index is 1.53. The molecule has 134 valence electrons. The van der Waals surface area contributed by atoms with Crippen molar-refractivity contribution < 1.29 is 9.18 Å². The minimum Gasteiger partial charge on any atom is -0.352 e. The molecule has 0 spiro atoms. The second kappa shape index (κ2) is 6.81. The molecular weight excluding hydrogens is 375 g/mol. The van der Waals surface area contributed by atoms with Crippen molar-refractivity contribution in [1.82, 2.24) is 14.9 Å². The molecule has 1 aliphatic rings. The number of piperazine rings is 1. The predicted molar refractivity (Wildman–Crippen MR) is 102 cm³/mol. The second-order valence-electron chi connectivity index (χ2n) is 6.15. The van der Waals surface area contributed by atoms with Gasteiger partial charge in [-0.05, 0) is 25.1 Å². The van der Waals surface area contributed by atoms with Crippen molar-refractivity contribution in [2.75, 3.05) is 31.1 Å². The van der Waals surface area contributed by atoms with E-state index in [2.05, 4.69) is 20.9 Å². The van der Waals surface area contributed by atoms with E-state index in [-0.39, 0.29) is 16.5 Å². The molecule has 8 heteroatoms. The fourth-order valence-electron chi connectivity index (χ4n) is 3.20. The van der Waals surface area contributed by atoms with Crippen LogP contribution in [0.2, 0.25) is 5.02 Å². The molecule has 26 heavy (non-hydrogen) atoms. The Morgan fingerprint density at radius 2 is 2.00 bits per heavy atom. The molecule has 0 aliphatic carbocycles. The molecule has 0 saturated carbocycles. The Hall–Kier alpha value is -2.25. The SMILES string of the molecule is Cc1cc2c(N3CCN(C(=O)c4c(F)cccc4Cl)CC3)ncnc2s1. The smallest absolute Gasteiger partial charge is 0.258 e. The van der Waals surface area contributed by atoms with Crippen LogP contribution in [-0.4, -0.2) is 47.0 Å². The van der Waals surface area contributed by atoms with Gasteiger partial charge in [0, 0.05) is 31.1 Å². The fourth-order valence-corrected chi connectivity index (χ4v) is 4.28. The van der Waals surface area contributed by atoms with Crippen LogP contribution in [0.3, 0.4) is 0 Å². The van der Waals surface area contributed by atoms with E-state index in [0.29, 0.717) is 26.2 Å². The first kappa shape index (κ1) is 17.2.